The van der Waals surface area contributed by atoms with Crippen molar-refractivity contribution in [2.75, 3.05) is 24.3 Å². The molecule has 7 nitrogen and oxygen atoms in total. The fourth-order valence-electron chi connectivity index (χ4n) is 2.92. The topological polar surface area (TPSA) is 110 Å². The molecule has 4 N–H and O–H groups in total. The number of halogens is 1. The Hall–Kier alpha value is -3.09. The van der Waals surface area contributed by atoms with Crippen LogP contribution in [0.5, 0.6) is 5.75 Å². The van der Waals surface area contributed by atoms with Crippen molar-refractivity contribution in [1.82, 2.24) is 4.98 Å². The molecule has 1 aromatic heterocycles. The van der Waals surface area contributed by atoms with E-state index in [9.17, 15) is 9.18 Å². The van der Waals surface area contributed by atoms with Crippen molar-refractivity contribution in [2.45, 2.75) is 18.9 Å². The number of aliphatic hydroxyl groups is 1. The molecule has 0 spiro atoms. The highest BCUT2D eigenvalue weighted by molar-refractivity contribution is 8.13. The first-order valence-corrected chi connectivity index (χ1v) is 10.1. The Morgan fingerprint density at radius 3 is 2.93 bits per heavy atom. The number of hydrogen-bond donors (Lipinski definition) is 3. The van der Waals surface area contributed by atoms with Crippen molar-refractivity contribution in [2.24, 2.45) is 10.7 Å². The molecular formula is C21H21FN4O3S. The summed E-state index contributed by atoms with van der Waals surface area (Å²) in [5, 5.41) is 11.7. The van der Waals surface area contributed by atoms with Gasteiger partial charge < -0.3 is 20.9 Å². The molecule has 0 fully saturated rings. The van der Waals surface area contributed by atoms with Gasteiger partial charge in [-0.25, -0.2) is 9.37 Å². The number of nitrogens with zero attached hydrogens (tertiary/aromatic N) is 2. The van der Waals surface area contributed by atoms with Gasteiger partial charge in [0, 0.05) is 17.0 Å². The first-order valence-electron chi connectivity index (χ1n) is 9.16. The van der Waals surface area contributed by atoms with E-state index in [0.717, 1.165) is 5.75 Å². The molecule has 1 amide bonds. The van der Waals surface area contributed by atoms with Crippen LogP contribution in [-0.2, 0) is 5.54 Å². The van der Waals surface area contributed by atoms with Gasteiger partial charge in [0.25, 0.3) is 5.91 Å². The summed E-state index contributed by atoms with van der Waals surface area (Å²) in [5.41, 5.74) is 6.05. The number of thioether (sulfide) groups is 1. The molecule has 3 rings (SSSR count). The summed E-state index contributed by atoms with van der Waals surface area (Å²) in [6.07, 6.45) is 2.04. The van der Waals surface area contributed by atoms with Crippen LogP contribution in [0.15, 0.2) is 41.5 Å². The van der Waals surface area contributed by atoms with Gasteiger partial charge in [0.2, 0.25) is 0 Å². The molecule has 2 aromatic rings. The van der Waals surface area contributed by atoms with Crippen LogP contribution in [0.4, 0.5) is 10.1 Å². The SMILES string of the molecule is CC1(c2cc(NC(=O)c3ccc(OCC#CCO)cn3)ccc2F)CCSC(N)=N1. The summed E-state index contributed by atoms with van der Waals surface area (Å²) in [6, 6.07) is 7.48. The molecule has 0 radical (unpaired) electrons. The van der Waals surface area contributed by atoms with Crippen LogP contribution in [0.3, 0.4) is 0 Å². The van der Waals surface area contributed by atoms with Crippen LogP contribution in [0, 0.1) is 17.7 Å². The third-order valence-electron chi connectivity index (χ3n) is 4.48. The van der Waals surface area contributed by atoms with Gasteiger partial charge in [0.15, 0.2) is 5.17 Å². The van der Waals surface area contributed by atoms with E-state index in [1.165, 1.54) is 36.2 Å². The Morgan fingerprint density at radius 2 is 2.23 bits per heavy atom. The zero-order valence-corrected chi connectivity index (χ0v) is 17.1. The number of carbonyl (C=O) groups is 1. The third kappa shape index (κ3) is 5.28. The van der Waals surface area contributed by atoms with Crippen LogP contribution >= 0.6 is 11.8 Å². The van der Waals surface area contributed by atoms with Gasteiger partial charge in [0.05, 0.1) is 11.7 Å². The molecule has 0 saturated carbocycles. The zero-order valence-electron chi connectivity index (χ0n) is 16.3. The van der Waals surface area contributed by atoms with Crippen LogP contribution in [0.2, 0.25) is 0 Å². The molecule has 9 heteroatoms. The maximum atomic E-state index is 14.5. The lowest BCUT2D eigenvalue weighted by atomic mass is 9.89. The smallest absolute Gasteiger partial charge is 0.274 e. The minimum absolute atomic E-state index is 0.108. The van der Waals surface area contributed by atoms with Gasteiger partial charge in [-0.3, -0.25) is 9.79 Å². The van der Waals surface area contributed by atoms with Gasteiger partial charge in [-0.2, -0.15) is 0 Å². The molecular weight excluding hydrogens is 407 g/mol. The van der Waals surface area contributed by atoms with E-state index in [1.54, 1.807) is 12.1 Å². The fraction of sp³-hybridized carbons (Fsp3) is 0.286. The highest BCUT2D eigenvalue weighted by atomic mass is 32.2. The maximum absolute atomic E-state index is 14.5. The number of anilines is 1. The maximum Gasteiger partial charge on any atom is 0.274 e. The quantitative estimate of drug-likeness (QED) is 0.632. The van der Waals surface area contributed by atoms with E-state index in [-0.39, 0.29) is 18.9 Å². The number of nitrogens with two attached hydrogens (primary N) is 1. The number of carbonyl (C=O) groups excluding carboxylic acids is 1. The number of amides is 1. The molecule has 30 heavy (non-hydrogen) atoms. The first kappa shape index (κ1) is 21.6. The lowest BCUT2D eigenvalue weighted by Crippen LogP contribution is -2.29. The number of amidine groups is 1. The average molecular weight is 428 g/mol. The molecule has 0 bridgehead atoms. The van der Waals surface area contributed by atoms with E-state index in [4.69, 9.17) is 15.6 Å². The first-order chi connectivity index (χ1) is 14.4. The Balaban J connectivity index is 1.72. The molecule has 156 valence electrons. The number of hydrogen-bond acceptors (Lipinski definition) is 7. The van der Waals surface area contributed by atoms with E-state index >= 15 is 0 Å². The number of benzene rings is 1. The van der Waals surface area contributed by atoms with Crippen molar-refractivity contribution < 1.29 is 19.0 Å². The number of rotatable bonds is 5. The van der Waals surface area contributed by atoms with E-state index < -0.39 is 17.3 Å². The summed E-state index contributed by atoms with van der Waals surface area (Å²) in [5.74, 6) is 5.43. The lowest BCUT2D eigenvalue weighted by molar-refractivity contribution is 0.102. The van der Waals surface area contributed by atoms with Crippen molar-refractivity contribution in [3.63, 3.8) is 0 Å². The Morgan fingerprint density at radius 1 is 1.40 bits per heavy atom. The molecule has 1 aromatic carbocycles. The monoisotopic (exact) mass is 428 g/mol. The number of aliphatic hydroxyl groups excluding tert-OH is 1. The van der Waals surface area contributed by atoms with Crippen LogP contribution in [0.1, 0.15) is 29.4 Å². The number of aromatic nitrogens is 1. The molecule has 1 unspecified atom stereocenters. The normalized spacial score (nSPS) is 18.0. The van der Waals surface area contributed by atoms with Crippen molar-refractivity contribution in [3.05, 3.63) is 53.6 Å². The van der Waals surface area contributed by atoms with E-state index in [1.807, 2.05) is 6.92 Å². The summed E-state index contributed by atoms with van der Waals surface area (Å²) in [4.78, 5) is 21.0. The van der Waals surface area contributed by atoms with Gasteiger partial charge in [-0.1, -0.05) is 23.6 Å². The molecule has 1 aliphatic rings. The summed E-state index contributed by atoms with van der Waals surface area (Å²) < 4.78 is 19.8. The number of nitrogens with one attached hydrogen (secondary N) is 1. The standard InChI is InChI=1S/C21H21FN4O3S/c1-21(8-11-30-20(23)26-21)16-12-14(4-6-17(16)22)25-19(28)18-7-5-15(13-24-18)29-10-3-2-9-27/h4-7,12-13,27H,8-11H2,1H3,(H2,23,26)(H,25,28). The average Bonchev–Trinajstić information content (AvgIpc) is 2.73. The second-order valence-corrected chi connectivity index (χ2v) is 7.77. The number of ether oxygens (including phenoxy) is 1. The van der Waals surface area contributed by atoms with Crippen molar-refractivity contribution >= 4 is 28.5 Å². The predicted octanol–water partition coefficient (Wildman–Crippen LogP) is 2.51. The fourth-order valence-corrected chi connectivity index (χ4v) is 3.89. The summed E-state index contributed by atoms with van der Waals surface area (Å²) in [7, 11) is 0. The van der Waals surface area contributed by atoms with Gasteiger partial charge >= 0.3 is 0 Å². The van der Waals surface area contributed by atoms with Gasteiger partial charge in [0.1, 0.15) is 30.5 Å². The summed E-state index contributed by atoms with van der Waals surface area (Å²) in [6.45, 7) is 1.70. The van der Waals surface area contributed by atoms with Gasteiger partial charge in [-0.15, -0.1) is 0 Å². The highest BCUT2D eigenvalue weighted by Crippen LogP contribution is 2.37. The number of aliphatic imine (C=N–C) groups is 1. The summed E-state index contributed by atoms with van der Waals surface area (Å²) >= 11 is 1.44. The van der Waals surface area contributed by atoms with E-state index in [2.05, 4.69) is 27.1 Å². The molecule has 1 atom stereocenters. The van der Waals surface area contributed by atoms with E-state index in [0.29, 0.717) is 28.6 Å². The lowest BCUT2D eigenvalue weighted by Gasteiger charge is -2.30. The second kappa shape index (κ2) is 9.61. The largest absolute Gasteiger partial charge is 0.479 e. The minimum Gasteiger partial charge on any atom is -0.479 e. The number of pyridine rings is 1. The van der Waals surface area contributed by atoms with Crippen LogP contribution in [0.25, 0.3) is 0 Å². The molecule has 2 heterocycles. The predicted molar refractivity (Wildman–Crippen MR) is 115 cm³/mol. The van der Waals surface area contributed by atoms with Gasteiger partial charge in [-0.05, 0) is 43.7 Å². The van der Waals surface area contributed by atoms with Crippen LogP contribution in [-0.4, -0.2) is 40.1 Å². The van der Waals surface area contributed by atoms with Crippen molar-refractivity contribution in [1.29, 1.82) is 0 Å². The molecule has 1 aliphatic heterocycles. The Bertz CT molecular complexity index is 1020. The highest BCUT2D eigenvalue weighted by Gasteiger charge is 2.32. The minimum atomic E-state index is -0.781. The van der Waals surface area contributed by atoms with Crippen LogP contribution < -0.4 is 15.8 Å². The third-order valence-corrected chi connectivity index (χ3v) is 5.28. The molecule has 0 aliphatic carbocycles. The second-order valence-electron chi connectivity index (χ2n) is 6.65. The van der Waals surface area contributed by atoms with Crippen molar-refractivity contribution in [3.8, 4) is 17.6 Å². The zero-order chi connectivity index (χ0) is 21.6. The molecule has 0 saturated heterocycles. The Kier molecular flexibility index (Phi) is 6.92. The Labute approximate surface area is 177 Å².